The number of aromatic nitrogens is 2. The number of aryl methyl sites for hydroxylation is 1. The molecule has 0 aliphatic rings. The minimum atomic E-state index is -0.331. The molecule has 2 rings (SSSR count). The zero-order chi connectivity index (χ0) is 14.4. The number of rotatable bonds is 6. The summed E-state index contributed by atoms with van der Waals surface area (Å²) in [4.78, 5) is 30.0. The number of hydrogen-bond donors (Lipinski definition) is 2. The van der Waals surface area contributed by atoms with Gasteiger partial charge in [0.15, 0.2) is 0 Å². The van der Waals surface area contributed by atoms with Gasteiger partial charge >= 0.3 is 5.97 Å². The highest BCUT2D eigenvalue weighted by Gasteiger charge is 2.07. The Hall–Kier alpha value is -2.37. The number of benzene rings is 1. The molecule has 1 aromatic carbocycles. The van der Waals surface area contributed by atoms with Gasteiger partial charge in [0.1, 0.15) is 5.82 Å². The standard InChI is InChI=1S/C14H17N3O3/c1-20-14(19)8-9-15-13(18)7-6-12-16-10-4-2-3-5-11(10)17-12/h2-5H,6-9H2,1H3,(H,15,18)(H,16,17). The Morgan fingerprint density at radius 3 is 2.85 bits per heavy atom. The quantitative estimate of drug-likeness (QED) is 0.775. The van der Waals surface area contributed by atoms with Crippen molar-refractivity contribution in [1.29, 1.82) is 0 Å². The monoisotopic (exact) mass is 275 g/mol. The Bertz CT molecular complexity index is 573. The fourth-order valence-corrected chi connectivity index (χ4v) is 1.85. The van der Waals surface area contributed by atoms with Crippen molar-refractivity contribution in [2.45, 2.75) is 19.3 Å². The van der Waals surface area contributed by atoms with E-state index in [4.69, 9.17) is 0 Å². The maximum Gasteiger partial charge on any atom is 0.307 e. The SMILES string of the molecule is COC(=O)CCNC(=O)CCc1nc2ccccc2[nH]1. The van der Waals surface area contributed by atoms with Crippen LogP contribution in [0.1, 0.15) is 18.7 Å². The second-order valence-electron chi connectivity index (χ2n) is 4.38. The predicted octanol–water partition coefficient (Wildman–Crippen LogP) is 1.17. The van der Waals surface area contributed by atoms with Crippen LogP contribution in [-0.4, -0.2) is 35.5 Å². The molecule has 0 atom stereocenters. The lowest BCUT2D eigenvalue weighted by atomic mass is 10.3. The van der Waals surface area contributed by atoms with Crippen LogP contribution in [0.5, 0.6) is 0 Å². The lowest BCUT2D eigenvalue weighted by Gasteiger charge is -2.03. The Labute approximate surface area is 116 Å². The molecule has 2 aromatic rings. The van der Waals surface area contributed by atoms with Crippen LogP contribution in [0, 0.1) is 0 Å². The van der Waals surface area contributed by atoms with E-state index in [-0.39, 0.29) is 18.3 Å². The number of H-pyrrole nitrogens is 1. The van der Waals surface area contributed by atoms with E-state index in [1.54, 1.807) is 0 Å². The first kappa shape index (κ1) is 14.0. The summed E-state index contributed by atoms with van der Waals surface area (Å²) in [6.45, 7) is 0.297. The van der Waals surface area contributed by atoms with Crippen molar-refractivity contribution in [3.63, 3.8) is 0 Å². The molecule has 1 aromatic heterocycles. The molecule has 0 saturated carbocycles. The number of carbonyl (C=O) groups excluding carboxylic acids is 2. The minimum Gasteiger partial charge on any atom is -0.469 e. The second kappa shape index (κ2) is 6.70. The number of imidazole rings is 1. The number of ether oxygens (including phenoxy) is 1. The van der Waals surface area contributed by atoms with Crippen LogP contribution < -0.4 is 5.32 Å². The number of nitrogens with zero attached hydrogens (tertiary/aromatic N) is 1. The zero-order valence-corrected chi connectivity index (χ0v) is 11.3. The van der Waals surface area contributed by atoms with Crippen molar-refractivity contribution < 1.29 is 14.3 Å². The van der Waals surface area contributed by atoms with E-state index < -0.39 is 0 Å². The van der Waals surface area contributed by atoms with E-state index in [2.05, 4.69) is 20.0 Å². The van der Waals surface area contributed by atoms with E-state index in [1.807, 2.05) is 24.3 Å². The van der Waals surface area contributed by atoms with Crippen LogP contribution >= 0.6 is 0 Å². The summed E-state index contributed by atoms with van der Waals surface area (Å²) in [5.74, 6) is 0.353. The molecule has 1 heterocycles. The van der Waals surface area contributed by atoms with Gasteiger partial charge < -0.3 is 15.0 Å². The lowest BCUT2D eigenvalue weighted by Crippen LogP contribution is -2.26. The van der Waals surface area contributed by atoms with Gasteiger partial charge in [-0.2, -0.15) is 0 Å². The first-order valence-corrected chi connectivity index (χ1v) is 6.46. The third kappa shape index (κ3) is 3.81. The van der Waals surface area contributed by atoms with Gasteiger partial charge in [-0.25, -0.2) is 4.98 Å². The molecule has 0 unspecified atom stereocenters. The van der Waals surface area contributed by atoms with Crippen molar-refractivity contribution in [3.05, 3.63) is 30.1 Å². The molecule has 1 amide bonds. The van der Waals surface area contributed by atoms with Crippen molar-refractivity contribution in [1.82, 2.24) is 15.3 Å². The number of amides is 1. The van der Waals surface area contributed by atoms with Crippen molar-refractivity contribution >= 4 is 22.9 Å². The van der Waals surface area contributed by atoms with Crippen LogP contribution in [0.15, 0.2) is 24.3 Å². The maximum absolute atomic E-state index is 11.6. The summed E-state index contributed by atoms with van der Waals surface area (Å²) in [6, 6.07) is 7.73. The highest BCUT2D eigenvalue weighted by molar-refractivity contribution is 5.78. The van der Waals surface area contributed by atoms with Crippen molar-refractivity contribution in [2.24, 2.45) is 0 Å². The summed E-state index contributed by atoms with van der Waals surface area (Å²) in [6.07, 6.45) is 1.06. The lowest BCUT2D eigenvalue weighted by molar-refractivity contribution is -0.140. The summed E-state index contributed by atoms with van der Waals surface area (Å²) >= 11 is 0. The molecule has 0 spiro atoms. The zero-order valence-electron chi connectivity index (χ0n) is 11.3. The topological polar surface area (TPSA) is 84.1 Å². The number of nitrogens with one attached hydrogen (secondary N) is 2. The summed E-state index contributed by atoms with van der Waals surface area (Å²) in [5, 5.41) is 2.67. The molecule has 106 valence electrons. The Kier molecular flexibility index (Phi) is 4.70. The van der Waals surface area contributed by atoms with Gasteiger partial charge in [0.25, 0.3) is 0 Å². The fourth-order valence-electron chi connectivity index (χ4n) is 1.85. The highest BCUT2D eigenvalue weighted by atomic mass is 16.5. The van der Waals surface area contributed by atoms with Crippen molar-refractivity contribution in [3.8, 4) is 0 Å². The van der Waals surface area contributed by atoms with E-state index in [0.29, 0.717) is 19.4 Å². The molecule has 2 N–H and O–H groups in total. The summed E-state index contributed by atoms with van der Waals surface area (Å²) < 4.78 is 4.49. The van der Waals surface area contributed by atoms with Gasteiger partial charge in [-0.15, -0.1) is 0 Å². The Morgan fingerprint density at radius 2 is 2.10 bits per heavy atom. The fraction of sp³-hybridized carbons (Fsp3) is 0.357. The van der Waals surface area contributed by atoms with Gasteiger partial charge in [-0.05, 0) is 12.1 Å². The first-order valence-electron chi connectivity index (χ1n) is 6.46. The number of fused-ring (bicyclic) bond motifs is 1. The molecular weight excluding hydrogens is 258 g/mol. The van der Waals surface area contributed by atoms with Gasteiger partial charge in [-0.1, -0.05) is 12.1 Å². The normalized spacial score (nSPS) is 10.4. The van der Waals surface area contributed by atoms with E-state index in [1.165, 1.54) is 7.11 Å². The number of para-hydroxylation sites is 2. The average molecular weight is 275 g/mol. The van der Waals surface area contributed by atoms with E-state index >= 15 is 0 Å². The number of methoxy groups -OCH3 is 1. The number of esters is 1. The van der Waals surface area contributed by atoms with Crippen LogP contribution in [0.2, 0.25) is 0 Å². The maximum atomic E-state index is 11.6. The molecule has 20 heavy (non-hydrogen) atoms. The molecule has 0 aliphatic heterocycles. The summed E-state index contributed by atoms with van der Waals surface area (Å²) in [7, 11) is 1.33. The smallest absolute Gasteiger partial charge is 0.307 e. The molecule has 0 radical (unpaired) electrons. The molecule has 6 heteroatoms. The van der Waals surface area contributed by atoms with Crippen LogP contribution in [0.4, 0.5) is 0 Å². The molecule has 0 bridgehead atoms. The predicted molar refractivity (Wildman–Crippen MR) is 74.1 cm³/mol. The number of carbonyl (C=O) groups is 2. The summed E-state index contributed by atoms with van der Waals surface area (Å²) in [5.41, 5.74) is 1.86. The van der Waals surface area contributed by atoms with Crippen LogP contribution in [-0.2, 0) is 20.7 Å². The van der Waals surface area contributed by atoms with Crippen LogP contribution in [0.3, 0.4) is 0 Å². The minimum absolute atomic E-state index is 0.102. The Balaban J connectivity index is 1.77. The second-order valence-corrected chi connectivity index (χ2v) is 4.38. The van der Waals surface area contributed by atoms with Crippen LogP contribution in [0.25, 0.3) is 11.0 Å². The van der Waals surface area contributed by atoms with Gasteiger partial charge in [-0.3, -0.25) is 9.59 Å². The average Bonchev–Trinajstić information content (AvgIpc) is 2.87. The third-order valence-corrected chi connectivity index (χ3v) is 2.91. The van der Waals surface area contributed by atoms with Gasteiger partial charge in [0, 0.05) is 19.4 Å². The molecular formula is C14H17N3O3. The first-order chi connectivity index (χ1) is 9.69. The van der Waals surface area contributed by atoms with Gasteiger partial charge in [0.2, 0.25) is 5.91 Å². The number of hydrogen-bond acceptors (Lipinski definition) is 4. The van der Waals surface area contributed by atoms with E-state index in [0.717, 1.165) is 16.9 Å². The molecule has 0 fully saturated rings. The molecule has 0 aliphatic carbocycles. The Morgan fingerprint density at radius 1 is 1.30 bits per heavy atom. The highest BCUT2D eigenvalue weighted by Crippen LogP contribution is 2.11. The molecule has 0 saturated heterocycles. The van der Waals surface area contributed by atoms with Crippen molar-refractivity contribution in [2.75, 3.05) is 13.7 Å². The van der Waals surface area contributed by atoms with Gasteiger partial charge in [0.05, 0.1) is 24.6 Å². The largest absolute Gasteiger partial charge is 0.469 e. The third-order valence-electron chi connectivity index (χ3n) is 2.91. The number of aromatic amines is 1. The van der Waals surface area contributed by atoms with E-state index in [9.17, 15) is 9.59 Å². The molecule has 6 nitrogen and oxygen atoms in total.